The highest BCUT2D eigenvalue weighted by molar-refractivity contribution is 7.12. The predicted octanol–water partition coefficient (Wildman–Crippen LogP) is 1.97. The lowest BCUT2D eigenvalue weighted by Gasteiger charge is -2.30. The number of carbonyl (C=O) groups is 1. The molecule has 3 heterocycles. The lowest BCUT2D eigenvalue weighted by molar-refractivity contribution is 0.0944. The Bertz CT molecular complexity index is 937. The molecule has 0 radical (unpaired) electrons. The largest absolute Gasteiger partial charge is 0.494 e. The van der Waals surface area contributed by atoms with Crippen molar-refractivity contribution in [3.8, 4) is 16.6 Å². The van der Waals surface area contributed by atoms with Crippen molar-refractivity contribution in [2.45, 2.75) is 6.54 Å². The van der Waals surface area contributed by atoms with E-state index in [2.05, 4.69) is 25.4 Å². The van der Waals surface area contributed by atoms with Gasteiger partial charge < -0.3 is 24.1 Å². The van der Waals surface area contributed by atoms with Crippen LogP contribution in [0.3, 0.4) is 0 Å². The van der Waals surface area contributed by atoms with E-state index in [9.17, 15) is 4.79 Å². The van der Waals surface area contributed by atoms with Crippen molar-refractivity contribution in [3.63, 3.8) is 0 Å². The van der Waals surface area contributed by atoms with Crippen LogP contribution < -0.4 is 15.0 Å². The lowest BCUT2D eigenvalue weighted by Crippen LogP contribution is -2.36. The van der Waals surface area contributed by atoms with Gasteiger partial charge in [-0.25, -0.2) is 4.98 Å². The van der Waals surface area contributed by atoms with Crippen LogP contribution in [0.2, 0.25) is 0 Å². The Hall–Kier alpha value is -2.98. The van der Waals surface area contributed by atoms with E-state index in [1.165, 1.54) is 11.3 Å². The molecule has 28 heavy (non-hydrogen) atoms. The number of nitrogens with zero attached hydrogens (tertiary/aromatic N) is 4. The number of benzene rings is 1. The summed E-state index contributed by atoms with van der Waals surface area (Å²) in [5, 5.41) is 13.2. The molecule has 1 aliphatic heterocycles. The van der Waals surface area contributed by atoms with Crippen LogP contribution in [0.25, 0.3) is 10.9 Å². The number of anilines is 1. The van der Waals surface area contributed by atoms with Crippen LogP contribution in [0.5, 0.6) is 5.75 Å². The van der Waals surface area contributed by atoms with Crippen molar-refractivity contribution in [2.75, 3.05) is 38.3 Å². The molecule has 0 bridgehead atoms. The van der Waals surface area contributed by atoms with E-state index in [1.54, 1.807) is 19.4 Å². The second kappa shape index (κ2) is 8.36. The number of carbonyl (C=O) groups excluding carboxylic acids is 1. The van der Waals surface area contributed by atoms with E-state index in [1.807, 2.05) is 17.5 Å². The second-order valence-electron chi connectivity index (χ2n) is 5.98. The number of hydrogen-bond acceptors (Lipinski definition) is 9. The summed E-state index contributed by atoms with van der Waals surface area (Å²) in [6, 6.07) is 5.52. The van der Waals surface area contributed by atoms with Gasteiger partial charge in [-0.2, -0.15) is 0 Å². The van der Waals surface area contributed by atoms with Crippen molar-refractivity contribution in [1.29, 1.82) is 0 Å². The highest BCUT2D eigenvalue weighted by Gasteiger charge is 2.21. The van der Waals surface area contributed by atoms with Gasteiger partial charge in [0.15, 0.2) is 10.8 Å². The third-order valence-corrected chi connectivity index (χ3v) is 5.04. The Labute approximate surface area is 165 Å². The molecule has 1 aromatic carbocycles. The maximum atomic E-state index is 12.7. The van der Waals surface area contributed by atoms with E-state index in [-0.39, 0.29) is 12.5 Å². The van der Waals surface area contributed by atoms with E-state index in [0.29, 0.717) is 41.3 Å². The molecule has 4 rings (SSSR count). The van der Waals surface area contributed by atoms with E-state index >= 15 is 0 Å². The number of aromatic nitrogens is 3. The molecule has 3 aromatic rings. The summed E-state index contributed by atoms with van der Waals surface area (Å²) in [4.78, 5) is 19.0. The molecule has 0 aliphatic carbocycles. The van der Waals surface area contributed by atoms with Gasteiger partial charge in [-0.15, -0.1) is 21.5 Å². The summed E-state index contributed by atoms with van der Waals surface area (Å²) < 4.78 is 16.5. The molecule has 10 heteroatoms. The van der Waals surface area contributed by atoms with Crippen molar-refractivity contribution >= 4 is 22.9 Å². The van der Waals surface area contributed by atoms with Gasteiger partial charge in [0.2, 0.25) is 5.89 Å². The van der Waals surface area contributed by atoms with Gasteiger partial charge in [0.1, 0.15) is 0 Å². The first-order chi connectivity index (χ1) is 13.8. The highest BCUT2D eigenvalue weighted by atomic mass is 32.1. The molecular formula is C18H19N5O4S. The number of morpholine rings is 1. The van der Waals surface area contributed by atoms with Crippen molar-refractivity contribution < 1.29 is 18.7 Å². The van der Waals surface area contributed by atoms with E-state index in [4.69, 9.17) is 13.9 Å². The molecule has 2 aromatic heterocycles. The first-order valence-electron chi connectivity index (χ1n) is 8.76. The smallest absolute Gasteiger partial charge is 0.276 e. The summed E-state index contributed by atoms with van der Waals surface area (Å²) in [6.07, 6.45) is 1.67. The fourth-order valence-corrected chi connectivity index (χ4v) is 3.52. The summed E-state index contributed by atoms with van der Waals surface area (Å²) in [5.74, 6) is 0.907. The van der Waals surface area contributed by atoms with Gasteiger partial charge in [0.25, 0.3) is 11.8 Å². The third kappa shape index (κ3) is 3.82. The molecule has 0 unspecified atom stereocenters. The number of para-hydroxylation sites is 1. The Morgan fingerprint density at radius 3 is 2.93 bits per heavy atom. The summed E-state index contributed by atoms with van der Waals surface area (Å²) >= 11 is 1.41. The molecule has 9 nitrogen and oxygen atoms in total. The fraction of sp³-hybridized carbons (Fsp3) is 0.333. The molecule has 0 saturated carbocycles. The van der Waals surface area contributed by atoms with Gasteiger partial charge in [0.05, 0.1) is 38.1 Å². The number of nitrogens with one attached hydrogen (secondary N) is 1. The molecule has 0 atom stereocenters. The molecule has 146 valence electrons. The van der Waals surface area contributed by atoms with Gasteiger partial charge >= 0.3 is 0 Å². The average Bonchev–Trinajstić information content (AvgIpc) is 3.44. The van der Waals surface area contributed by atoms with Crippen molar-refractivity contribution in [3.05, 3.63) is 41.2 Å². The van der Waals surface area contributed by atoms with E-state index < -0.39 is 0 Å². The topological polar surface area (TPSA) is 103 Å². The third-order valence-electron chi connectivity index (χ3n) is 4.28. The summed E-state index contributed by atoms with van der Waals surface area (Å²) in [6.45, 7) is 2.92. The molecular weight excluding hydrogens is 382 g/mol. The average molecular weight is 401 g/mol. The number of hydrogen-bond donors (Lipinski definition) is 1. The fourth-order valence-electron chi connectivity index (χ4n) is 2.96. The zero-order chi connectivity index (χ0) is 19.3. The van der Waals surface area contributed by atoms with Crippen LogP contribution in [-0.2, 0) is 11.3 Å². The Balaban J connectivity index is 1.47. The maximum absolute atomic E-state index is 12.7. The van der Waals surface area contributed by atoms with E-state index in [0.717, 1.165) is 18.8 Å². The normalized spacial score (nSPS) is 14.1. The van der Waals surface area contributed by atoms with Crippen LogP contribution in [0.1, 0.15) is 16.2 Å². The van der Waals surface area contributed by atoms with Crippen LogP contribution in [0, 0.1) is 0 Å². The SMILES string of the molecule is COc1c(C(=O)NCc2nnc(-c3nccs3)o2)cccc1N1CCOCC1. The van der Waals surface area contributed by atoms with Crippen molar-refractivity contribution in [2.24, 2.45) is 0 Å². The second-order valence-corrected chi connectivity index (χ2v) is 6.87. The Kier molecular flexibility index (Phi) is 5.49. The van der Waals surface area contributed by atoms with Gasteiger partial charge in [-0.3, -0.25) is 4.79 Å². The number of methoxy groups -OCH3 is 1. The molecule has 1 saturated heterocycles. The number of ether oxygens (including phenoxy) is 2. The van der Waals surface area contributed by atoms with Crippen LogP contribution in [-0.4, -0.2) is 54.5 Å². The van der Waals surface area contributed by atoms with Crippen LogP contribution in [0.4, 0.5) is 5.69 Å². The molecule has 1 amide bonds. The van der Waals surface area contributed by atoms with Gasteiger partial charge in [-0.05, 0) is 12.1 Å². The Morgan fingerprint density at radius 1 is 1.32 bits per heavy atom. The van der Waals surface area contributed by atoms with Gasteiger partial charge in [-0.1, -0.05) is 6.07 Å². The number of rotatable bonds is 6. The first-order valence-corrected chi connectivity index (χ1v) is 9.64. The zero-order valence-corrected chi connectivity index (χ0v) is 16.1. The lowest BCUT2D eigenvalue weighted by atomic mass is 10.1. The van der Waals surface area contributed by atoms with Gasteiger partial charge in [0, 0.05) is 24.7 Å². The van der Waals surface area contributed by atoms with Crippen molar-refractivity contribution in [1.82, 2.24) is 20.5 Å². The molecule has 1 aliphatic rings. The monoisotopic (exact) mass is 401 g/mol. The minimum atomic E-state index is -0.277. The molecule has 0 spiro atoms. The molecule has 1 fully saturated rings. The quantitative estimate of drug-likeness (QED) is 0.669. The molecule has 1 N–H and O–H groups in total. The van der Waals surface area contributed by atoms with Crippen LogP contribution >= 0.6 is 11.3 Å². The number of amides is 1. The summed E-state index contributed by atoms with van der Waals surface area (Å²) in [5.41, 5.74) is 1.33. The zero-order valence-electron chi connectivity index (χ0n) is 15.3. The maximum Gasteiger partial charge on any atom is 0.276 e. The number of thiazole rings is 1. The minimum Gasteiger partial charge on any atom is -0.494 e. The predicted molar refractivity (Wildman–Crippen MR) is 103 cm³/mol. The highest BCUT2D eigenvalue weighted by Crippen LogP contribution is 2.32. The van der Waals surface area contributed by atoms with Crippen LogP contribution in [0.15, 0.2) is 34.2 Å². The summed E-state index contributed by atoms with van der Waals surface area (Å²) in [7, 11) is 1.56. The Morgan fingerprint density at radius 2 is 2.18 bits per heavy atom. The first kappa shape index (κ1) is 18.4. The minimum absolute atomic E-state index is 0.113. The standard InChI is InChI=1S/C18H19N5O4S/c1-25-15-12(3-2-4-13(15)23-6-8-26-9-7-23)16(24)20-11-14-21-22-17(27-14)18-19-5-10-28-18/h2-5,10H,6-9,11H2,1H3,(H,20,24).